The lowest BCUT2D eigenvalue weighted by molar-refractivity contribution is -0.115. The molecule has 0 aliphatic carbocycles. The van der Waals surface area contributed by atoms with Gasteiger partial charge in [0.15, 0.2) is 5.75 Å². The van der Waals surface area contributed by atoms with Gasteiger partial charge in [0.1, 0.15) is 12.4 Å². The molecule has 0 bridgehead atoms. The number of hydrogen-bond acceptors (Lipinski definition) is 9. The third-order valence-corrected chi connectivity index (χ3v) is 4.32. The number of carbonyl (C=O) groups is 2. The molecule has 0 saturated carbocycles. The molecule has 0 aliphatic heterocycles. The summed E-state index contributed by atoms with van der Waals surface area (Å²) >= 11 is 0. The maximum absolute atomic E-state index is 12.7. The number of hydrogen-bond donors (Lipinski definition) is 3. The minimum absolute atomic E-state index is 0.0648. The SMILES string of the molecule is [2H]C([2H])([2H])NC(=O)c1cnc(NC(=O)CC)cc1Nc1cccc(-c2noc(COC)n2)c1OC. The monoisotopic (exact) mass is 443 g/mol. The Labute approximate surface area is 188 Å². The Balaban J connectivity index is 2.04. The molecular formula is C21H24N6O5. The van der Waals surface area contributed by atoms with Gasteiger partial charge < -0.3 is 29.9 Å². The van der Waals surface area contributed by atoms with Crippen molar-refractivity contribution < 1.29 is 27.7 Å². The Kier molecular flexibility index (Phi) is 6.07. The fourth-order valence-corrected chi connectivity index (χ4v) is 2.83. The number of methoxy groups -OCH3 is 2. The number of nitrogens with zero attached hydrogens (tertiary/aromatic N) is 3. The molecule has 0 fully saturated rings. The highest BCUT2D eigenvalue weighted by molar-refractivity contribution is 6.01. The van der Waals surface area contributed by atoms with Crippen LogP contribution >= 0.6 is 0 Å². The zero-order chi connectivity index (χ0) is 25.6. The van der Waals surface area contributed by atoms with Gasteiger partial charge in [-0.3, -0.25) is 9.59 Å². The van der Waals surface area contributed by atoms with Crippen molar-refractivity contribution in [2.45, 2.75) is 20.0 Å². The van der Waals surface area contributed by atoms with Crippen LogP contribution in [0.15, 0.2) is 35.0 Å². The Hall–Kier alpha value is -3.99. The first-order chi connectivity index (χ1) is 16.6. The molecule has 2 aromatic heterocycles. The summed E-state index contributed by atoms with van der Waals surface area (Å²) in [5, 5.41) is 11.5. The molecule has 168 valence electrons. The van der Waals surface area contributed by atoms with Crippen molar-refractivity contribution in [1.29, 1.82) is 0 Å². The van der Waals surface area contributed by atoms with E-state index in [2.05, 4.69) is 25.8 Å². The lowest BCUT2D eigenvalue weighted by Crippen LogP contribution is -2.20. The molecular weight excluding hydrogens is 416 g/mol. The van der Waals surface area contributed by atoms with Gasteiger partial charge in [-0.05, 0) is 12.1 Å². The number of carbonyl (C=O) groups excluding carboxylic acids is 2. The molecule has 11 nitrogen and oxygen atoms in total. The summed E-state index contributed by atoms with van der Waals surface area (Å²) in [7, 11) is 2.95. The smallest absolute Gasteiger partial charge is 0.254 e. The van der Waals surface area contributed by atoms with Crippen LogP contribution < -0.4 is 20.7 Å². The van der Waals surface area contributed by atoms with E-state index in [-0.39, 0.29) is 47.7 Å². The third kappa shape index (κ3) is 5.01. The van der Waals surface area contributed by atoms with E-state index >= 15 is 0 Å². The number of aromatic nitrogens is 3. The van der Waals surface area contributed by atoms with Gasteiger partial charge in [0.25, 0.3) is 11.8 Å². The predicted molar refractivity (Wildman–Crippen MR) is 117 cm³/mol. The van der Waals surface area contributed by atoms with E-state index in [1.807, 2.05) is 5.32 Å². The predicted octanol–water partition coefficient (Wildman–Crippen LogP) is 2.74. The fourth-order valence-electron chi connectivity index (χ4n) is 2.83. The molecule has 0 unspecified atom stereocenters. The summed E-state index contributed by atoms with van der Waals surface area (Å²) in [5.74, 6) is -0.143. The lowest BCUT2D eigenvalue weighted by Gasteiger charge is -2.16. The molecule has 2 heterocycles. The average Bonchev–Trinajstić information content (AvgIpc) is 3.26. The summed E-state index contributed by atoms with van der Waals surface area (Å²) in [5.41, 5.74) is 1.01. The van der Waals surface area contributed by atoms with Crippen LogP contribution in [-0.4, -0.2) is 48.1 Å². The Morgan fingerprint density at radius 1 is 1.25 bits per heavy atom. The summed E-state index contributed by atoms with van der Waals surface area (Å²) in [6, 6.07) is 6.51. The van der Waals surface area contributed by atoms with Crippen LogP contribution in [-0.2, 0) is 16.1 Å². The van der Waals surface area contributed by atoms with Crippen molar-refractivity contribution in [3.63, 3.8) is 0 Å². The lowest BCUT2D eigenvalue weighted by atomic mass is 10.1. The molecule has 0 radical (unpaired) electrons. The van der Waals surface area contributed by atoms with Crippen molar-refractivity contribution in [2.24, 2.45) is 0 Å². The molecule has 0 spiro atoms. The van der Waals surface area contributed by atoms with Crippen LogP contribution in [0.2, 0.25) is 0 Å². The number of benzene rings is 1. The van der Waals surface area contributed by atoms with Crippen LogP contribution in [0.25, 0.3) is 11.4 Å². The van der Waals surface area contributed by atoms with Gasteiger partial charge in [-0.1, -0.05) is 18.1 Å². The van der Waals surface area contributed by atoms with Gasteiger partial charge in [0, 0.05) is 36.9 Å². The number of amides is 2. The number of pyridine rings is 1. The fraction of sp³-hybridized carbons (Fsp3) is 0.286. The number of anilines is 3. The van der Waals surface area contributed by atoms with E-state index in [1.54, 1.807) is 25.1 Å². The molecule has 11 heteroatoms. The minimum Gasteiger partial charge on any atom is -0.494 e. The van der Waals surface area contributed by atoms with Crippen molar-refractivity contribution in [1.82, 2.24) is 20.4 Å². The van der Waals surface area contributed by atoms with Crippen LogP contribution in [0.4, 0.5) is 17.2 Å². The molecule has 3 rings (SSSR count). The van der Waals surface area contributed by atoms with E-state index in [0.29, 0.717) is 17.0 Å². The second kappa shape index (κ2) is 10.4. The number of para-hydroxylation sites is 1. The zero-order valence-corrected chi connectivity index (χ0v) is 17.7. The maximum atomic E-state index is 12.7. The number of rotatable bonds is 9. The molecule has 32 heavy (non-hydrogen) atoms. The summed E-state index contributed by atoms with van der Waals surface area (Å²) < 4.78 is 37.7. The van der Waals surface area contributed by atoms with Gasteiger partial charge in [-0.15, -0.1) is 0 Å². The molecule has 3 N–H and O–H groups in total. The Morgan fingerprint density at radius 2 is 2.09 bits per heavy atom. The molecule has 2 amide bonds. The Morgan fingerprint density at radius 3 is 2.81 bits per heavy atom. The standard InChI is InChI=1S/C21H24N6O5/c1-5-17(28)25-16-9-15(13(10-23-16)21(29)22-2)24-14-8-6-7-12(19(14)31-4)20-26-18(11-30-3)32-27-20/h6-10H,5,11H2,1-4H3,(H,22,29)(H2,23,24,25,28)/i2D3. The second-order valence-corrected chi connectivity index (χ2v) is 6.43. The quantitative estimate of drug-likeness (QED) is 0.455. The summed E-state index contributed by atoms with van der Waals surface area (Å²) in [6.07, 6.45) is 1.39. The largest absolute Gasteiger partial charge is 0.494 e. The van der Waals surface area contributed by atoms with Crippen LogP contribution in [0.5, 0.6) is 5.75 Å². The van der Waals surface area contributed by atoms with Gasteiger partial charge in [-0.25, -0.2) is 4.98 Å². The van der Waals surface area contributed by atoms with Gasteiger partial charge >= 0.3 is 0 Å². The molecule has 0 aliphatic rings. The first-order valence-corrected chi connectivity index (χ1v) is 9.53. The van der Waals surface area contributed by atoms with E-state index < -0.39 is 12.9 Å². The van der Waals surface area contributed by atoms with Crippen molar-refractivity contribution in [3.8, 4) is 17.1 Å². The van der Waals surface area contributed by atoms with Crippen LogP contribution in [0, 0.1) is 0 Å². The minimum atomic E-state index is -2.71. The molecule has 1 aromatic carbocycles. The van der Waals surface area contributed by atoms with Crippen molar-refractivity contribution >= 4 is 29.0 Å². The average molecular weight is 443 g/mol. The van der Waals surface area contributed by atoms with Crippen molar-refractivity contribution in [2.75, 3.05) is 31.8 Å². The van der Waals surface area contributed by atoms with E-state index in [0.717, 1.165) is 0 Å². The highest BCUT2D eigenvalue weighted by atomic mass is 16.5. The topological polar surface area (TPSA) is 140 Å². The van der Waals surface area contributed by atoms with E-state index in [1.165, 1.54) is 26.5 Å². The van der Waals surface area contributed by atoms with E-state index in [4.69, 9.17) is 18.1 Å². The third-order valence-electron chi connectivity index (χ3n) is 4.32. The van der Waals surface area contributed by atoms with Gasteiger partial charge in [-0.2, -0.15) is 4.98 Å². The molecule has 0 atom stereocenters. The van der Waals surface area contributed by atoms with Gasteiger partial charge in [0.2, 0.25) is 11.7 Å². The second-order valence-electron chi connectivity index (χ2n) is 6.43. The summed E-state index contributed by atoms with van der Waals surface area (Å²) in [4.78, 5) is 32.8. The highest BCUT2D eigenvalue weighted by Gasteiger charge is 2.19. The first-order valence-electron chi connectivity index (χ1n) is 11.0. The maximum Gasteiger partial charge on any atom is 0.254 e. The Bertz CT molecular complexity index is 1210. The molecule has 0 saturated heterocycles. The normalized spacial score (nSPS) is 12.3. The highest BCUT2D eigenvalue weighted by Crippen LogP contribution is 2.37. The molecule has 3 aromatic rings. The van der Waals surface area contributed by atoms with Crippen LogP contribution in [0.1, 0.15) is 33.7 Å². The van der Waals surface area contributed by atoms with E-state index in [9.17, 15) is 9.59 Å². The van der Waals surface area contributed by atoms with Gasteiger partial charge in [0.05, 0.1) is 29.6 Å². The van der Waals surface area contributed by atoms with Crippen LogP contribution in [0.3, 0.4) is 0 Å². The number of ether oxygens (including phenoxy) is 2. The zero-order valence-electron chi connectivity index (χ0n) is 20.7. The first kappa shape index (κ1) is 18.8. The number of nitrogens with one attached hydrogen (secondary N) is 3. The summed E-state index contributed by atoms with van der Waals surface area (Å²) in [6.45, 7) is -0.892. The van der Waals surface area contributed by atoms with Crippen molar-refractivity contribution in [3.05, 3.63) is 41.9 Å².